The summed E-state index contributed by atoms with van der Waals surface area (Å²) < 4.78 is 0. The highest BCUT2D eigenvalue weighted by molar-refractivity contribution is 5.86. The summed E-state index contributed by atoms with van der Waals surface area (Å²) >= 11 is 0. The number of nitrogens with zero attached hydrogens (tertiary/aromatic N) is 3. The number of rotatable bonds is 6. The fraction of sp³-hybridized carbons (Fsp3) is 0.731. The van der Waals surface area contributed by atoms with Crippen molar-refractivity contribution in [1.29, 1.82) is 0 Å². The summed E-state index contributed by atoms with van der Waals surface area (Å²) in [6.45, 7) is 4.13. The molecule has 2 aliphatic heterocycles. The maximum atomic E-state index is 12.3. The van der Waals surface area contributed by atoms with Crippen LogP contribution in [-0.4, -0.2) is 62.7 Å². The lowest BCUT2D eigenvalue weighted by molar-refractivity contribution is -0.109. The maximum absolute atomic E-state index is 12.3. The molecule has 1 N–H and O–H groups in total. The number of carbonyl (C=O) groups is 1. The van der Waals surface area contributed by atoms with Crippen LogP contribution in [0.4, 0.5) is 11.4 Å². The van der Waals surface area contributed by atoms with Crippen LogP contribution >= 0.6 is 0 Å². The van der Waals surface area contributed by atoms with E-state index in [0.29, 0.717) is 6.04 Å². The molecule has 0 bridgehead atoms. The van der Waals surface area contributed by atoms with Gasteiger partial charge in [-0.25, -0.2) is 0 Å². The molecule has 1 aromatic rings. The van der Waals surface area contributed by atoms with Crippen molar-refractivity contribution in [1.82, 2.24) is 10.2 Å². The third kappa shape index (κ3) is 4.00. The van der Waals surface area contributed by atoms with Crippen LogP contribution in [-0.2, 0) is 4.79 Å². The Morgan fingerprint density at radius 2 is 1.71 bits per heavy atom. The van der Waals surface area contributed by atoms with Crippen molar-refractivity contribution >= 4 is 17.7 Å². The van der Waals surface area contributed by atoms with E-state index in [1.807, 2.05) is 7.05 Å². The van der Waals surface area contributed by atoms with E-state index in [1.165, 1.54) is 82.3 Å². The lowest BCUT2D eigenvalue weighted by Crippen LogP contribution is -2.56. The summed E-state index contributed by atoms with van der Waals surface area (Å²) in [4.78, 5) is 19.8. The van der Waals surface area contributed by atoms with Gasteiger partial charge in [0.05, 0.1) is 11.4 Å². The first kappa shape index (κ1) is 21.3. The highest BCUT2D eigenvalue weighted by atomic mass is 16.1. The van der Waals surface area contributed by atoms with E-state index in [2.05, 4.69) is 44.3 Å². The third-order valence-corrected chi connectivity index (χ3v) is 8.70. The molecule has 2 aliphatic carbocycles. The Bertz CT molecular complexity index is 745. The van der Waals surface area contributed by atoms with E-state index < -0.39 is 0 Å². The van der Waals surface area contributed by atoms with E-state index in [9.17, 15) is 4.79 Å². The molecule has 4 unspecified atom stereocenters. The van der Waals surface area contributed by atoms with Gasteiger partial charge < -0.3 is 15.1 Å². The molecule has 5 rings (SSSR count). The van der Waals surface area contributed by atoms with Gasteiger partial charge in [-0.1, -0.05) is 44.2 Å². The predicted molar refractivity (Wildman–Crippen MR) is 128 cm³/mol. The van der Waals surface area contributed by atoms with Crippen molar-refractivity contribution in [3.05, 3.63) is 24.3 Å². The maximum Gasteiger partial charge on any atom is 0.162 e. The number of benzene rings is 1. The zero-order valence-corrected chi connectivity index (χ0v) is 19.2. The van der Waals surface area contributed by atoms with Gasteiger partial charge in [-0.2, -0.15) is 0 Å². The van der Waals surface area contributed by atoms with Crippen LogP contribution in [0.2, 0.25) is 0 Å². The minimum Gasteiger partial charge on any atom is -0.342 e. The standard InChI is InChI=1S/C26H40N4O/c1-27-15-18-29-24-10-4-5-11-25(24)30(26(29)19-31)21-13-16-28(17-14-21)23-12-6-8-20-7-2-3-9-22(20)23/h4-5,10-11,19-23,26-27H,2-3,6-9,12-18H2,1H3. The normalized spacial score (nSPS) is 32.0. The fourth-order valence-electron chi connectivity index (χ4n) is 7.25. The molecular formula is C26H40N4O. The Morgan fingerprint density at radius 1 is 0.968 bits per heavy atom. The lowest BCUT2D eigenvalue weighted by atomic mass is 9.67. The third-order valence-electron chi connectivity index (χ3n) is 8.70. The molecule has 3 fully saturated rings. The van der Waals surface area contributed by atoms with Crippen molar-refractivity contribution in [2.24, 2.45) is 11.8 Å². The number of anilines is 2. The molecule has 0 radical (unpaired) electrons. The van der Waals surface area contributed by atoms with Gasteiger partial charge in [-0.3, -0.25) is 9.69 Å². The number of nitrogens with one attached hydrogen (secondary N) is 1. The van der Waals surface area contributed by atoms with Crippen LogP contribution in [0, 0.1) is 11.8 Å². The molecule has 4 aliphatic rings. The van der Waals surface area contributed by atoms with Gasteiger partial charge in [-0.05, 0) is 56.7 Å². The molecule has 0 spiro atoms. The number of aldehydes is 1. The Morgan fingerprint density at radius 3 is 2.48 bits per heavy atom. The number of likely N-dealkylation sites (tertiary alicyclic amines) is 1. The van der Waals surface area contributed by atoms with E-state index in [4.69, 9.17) is 0 Å². The van der Waals surface area contributed by atoms with Gasteiger partial charge >= 0.3 is 0 Å². The topological polar surface area (TPSA) is 38.8 Å². The molecule has 5 nitrogen and oxygen atoms in total. The van der Waals surface area contributed by atoms with E-state index >= 15 is 0 Å². The first-order valence-electron chi connectivity index (χ1n) is 12.8. The second-order valence-electron chi connectivity index (χ2n) is 10.2. The molecule has 2 saturated carbocycles. The molecule has 1 saturated heterocycles. The predicted octanol–water partition coefficient (Wildman–Crippen LogP) is 3.88. The number of carbonyl (C=O) groups excluding carboxylic acids is 1. The molecule has 1 aromatic carbocycles. The molecule has 170 valence electrons. The summed E-state index contributed by atoms with van der Waals surface area (Å²) in [5, 5.41) is 3.25. The number of likely N-dealkylation sites (N-methyl/N-ethyl adjacent to an activating group) is 1. The molecule has 0 amide bonds. The van der Waals surface area contributed by atoms with Gasteiger partial charge in [0.1, 0.15) is 0 Å². The summed E-state index contributed by atoms with van der Waals surface area (Å²) in [6.07, 6.45) is 13.5. The van der Waals surface area contributed by atoms with Gasteiger partial charge in [0.2, 0.25) is 0 Å². The van der Waals surface area contributed by atoms with Crippen molar-refractivity contribution in [2.45, 2.75) is 76.0 Å². The van der Waals surface area contributed by atoms with Gasteiger partial charge in [0.15, 0.2) is 12.5 Å². The Balaban J connectivity index is 1.29. The second kappa shape index (κ2) is 9.50. The van der Waals surface area contributed by atoms with Crippen molar-refractivity contribution in [2.75, 3.05) is 43.0 Å². The molecular weight excluding hydrogens is 384 g/mol. The van der Waals surface area contributed by atoms with E-state index in [1.54, 1.807) is 0 Å². The average molecular weight is 425 g/mol. The second-order valence-corrected chi connectivity index (χ2v) is 10.2. The highest BCUT2D eigenvalue weighted by Crippen LogP contribution is 2.45. The van der Waals surface area contributed by atoms with Crippen LogP contribution in [0.25, 0.3) is 0 Å². The zero-order valence-electron chi connectivity index (χ0n) is 19.2. The molecule has 31 heavy (non-hydrogen) atoms. The first-order chi connectivity index (χ1) is 15.3. The van der Waals surface area contributed by atoms with E-state index in [0.717, 1.165) is 37.3 Å². The molecule has 4 atom stereocenters. The van der Waals surface area contributed by atoms with Crippen molar-refractivity contribution in [3.8, 4) is 0 Å². The monoisotopic (exact) mass is 424 g/mol. The number of piperidine rings is 1. The Hall–Kier alpha value is -1.59. The molecule has 2 heterocycles. The van der Waals surface area contributed by atoms with Crippen LogP contribution < -0.4 is 15.1 Å². The van der Waals surface area contributed by atoms with Crippen molar-refractivity contribution < 1.29 is 4.79 Å². The van der Waals surface area contributed by atoms with Crippen LogP contribution in [0.15, 0.2) is 24.3 Å². The van der Waals surface area contributed by atoms with Crippen LogP contribution in [0.5, 0.6) is 0 Å². The van der Waals surface area contributed by atoms with Gasteiger partial charge in [-0.15, -0.1) is 0 Å². The number of fused-ring (bicyclic) bond motifs is 2. The molecule has 0 aromatic heterocycles. The Labute approximate surface area is 188 Å². The summed E-state index contributed by atoms with van der Waals surface area (Å²) in [6, 6.07) is 9.89. The first-order valence-corrected chi connectivity index (χ1v) is 12.8. The van der Waals surface area contributed by atoms with E-state index in [-0.39, 0.29) is 6.17 Å². The fourth-order valence-corrected chi connectivity index (χ4v) is 7.25. The quantitative estimate of drug-likeness (QED) is 0.702. The average Bonchev–Trinajstić information content (AvgIpc) is 3.16. The largest absolute Gasteiger partial charge is 0.342 e. The van der Waals surface area contributed by atoms with Crippen LogP contribution in [0.1, 0.15) is 57.8 Å². The van der Waals surface area contributed by atoms with Gasteiger partial charge in [0, 0.05) is 38.3 Å². The number of para-hydroxylation sites is 2. The smallest absolute Gasteiger partial charge is 0.162 e. The highest BCUT2D eigenvalue weighted by Gasteiger charge is 2.42. The summed E-state index contributed by atoms with van der Waals surface area (Å²) in [7, 11) is 1.98. The lowest BCUT2D eigenvalue weighted by Gasteiger charge is -2.49. The Kier molecular flexibility index (Phi) is 6.51. The number of hydrogen-bond acceptors (Lipinski definition) is 5. The number of hydrogen-bond donors (Lipinski definition) is 1. The minimum absolute atomic E-state index is 0.167. The summed E-state index contributed by atoms with van der Waals surface area (Å²) in [5.41, 5.74) is 2.47. The zero-order chi connectivity index (χ0) is 21.2. The SMILES string of the molecule is CNCCN1c2ccccc2N(C2CCN(C3CCCC4CCCCC43)CC2)C1C=O. The van der Waals surface area contributed by atoms with Crippen molar-refractivity contribution in [3.63, 3.8) is 0 Å². The molecule has 5 heteroatoms. The summed E-state index contributed by atoms with van der Waals surface area (Å²) in [5.74, 6) is 1.95. The van der Waals surface area contributed by atoms with Gasteiger partial charge in [0.25, 0.3) is 0 Å². The minimum atomic E-state index is -0.167. The van der Waals surface area contributed by atoms with Crippen LogP contribution in [0.3, 0.4) is 0 Å².